The summed E-state index contributed by atoms with van der Waals surface area (Å²) < 4.78 is 89.6. The summed E-state index contributed by atoms with van der Waals surface area (Å²) in [6.45, 7) is 17.4. The molecule has 76 heavy (non-hydrogen) atoms. The second-order valence-corrected chi connectivity index (χ2v) is 25.4. The smallest absolute Gasteiger partial charge is 0.171 e. The summed E-state index contributed by atoms with van der Waals surface area (Å²) in [5.74, 6) is -0.559. The zero-order chi connectivity index (χ0) is 52.4. The Morgan fingerprint density at radius 1 is 0.526 bits per heavy atom. The molecule has 13 heterocycles. The topological polar surface area (TPSA) is 181 Å². The molecule has 13 aliphatic heterocycles. The van der Waals surface area contributed by atoms with Crippen molar-refractivity contribution in [3.05, 3.63) is 73.4 Å². The summed E-state index contributed by atoms with van der Waals surface area (Å²) in [4.78, 5) is 0. The summed E-state index contributed by atoms with van der Waals surface area (Å²) in [6.07, 6.45) is 17.2. The van der Waals surface area contributed by atoms with Crippen molar-refractivity contribution >= 4 is 0 Å². The first-order valence-corrected chi connectivity index (χ1v) is 29.2. The van der Waals surface area contributed by atoms with Crippen LogP contribution in [-0.4, -0.2) is 185 Å². The Balaban J connectivity index is 0.696. The lowest BCUT2D eigenvalue weighted by molar-refractivity contribution is -0.341. The minimum Gasteiger partial charge on any atom is -0.390 e. The predicted molar refractivity (Wildman–Crippen MR) is 275 cm³/mol. The van der Waals surface area contributed by atoms with Crippen molar-refractivity contribution in [1.82, 2.24) is 0 Å². The third-order valence-electron chi connectivity index (χ3n) is 20.5. The highest BCUT2D eigenvalue weighted by Crippen LogP contribution is 2.53. The predicted octanol–water partition coefficient (Wildman–Crippen LogP) is 5.83. The van der Waals surface area contributed by atoms with Gasteiger partial charge in [0, 0.05) is 43.9 Å². The number of rotatable bonds is 2. The van der Waals surface area contributed by atoms with Gasteiger partial charge in [0.2, 0.25) is 0 Å². The van der Waals surface area contributed by atoms with Crippen LogP contribution >= 0.6 is 0 Å². The van der Waals surface area contributed by atoms with Crippen LogP contribution in [0.15, 0.2) is 73.4 Å². The van der Waals surface area contributed by atoms with E-state index in [0.29, 0.717) is 45.1 Å². The monoisotopic (exact) mass is 1060 g/mol. The Hall–Kier alpha value is -2.20. The maximum atomic E-state index is 12.4. The highest BCUT2D eigenvalue weighted by molar-refractivity contribution is 5.20. The van der Waals surface area contributed by atoms with Gasteiger partial charge in [-0.3, -0.25) is 0 Å². The molecule has 1 spiro atoms. The maximum Gasteiger partial charge on any atom is 0.171 e. The van der Waals surface area contributed by atoms with Crippen molar-refractivity contribution in [3.8, 4) is 0 Å². The van der Waals surface area contributed by atoms with Gasteiger partial charge < -0.3 is 76.9 Å². The molecule has 0 aromatic rings. The molecule has 9 saturated heterocycles. The number of aliphatic hydroxyl groups is 3. The molecule has 420 valence electrons. The lowest BCUT2D eigenvalue weighted by Crippen LogP contribution is -2.65. The Bertz CT molecular complexity index is 2260. The average Bonchev–Trinajstić information content (AvgIpc) is 3.80. The van der Waals surface area contributed by atoms with Gasteiger partial charge in [-0.1, -0.05) is 101 Å². The van der Waals surface area contributed by atoms with E-state index in [-0.39, 0.29) is 84.7 Å². The van der Waals surface area contributed by atoms with E-state index in [1.54, 1.807) is 6.08 Å². The number of hydrogen-bond donors (Lipinski definition) is 3. The van der Waals surface area contributed by atoms with E-state index in [2.05, 4.69) is 65.5 Å². The highest BCUT2D eigenvalue weighted by atomic mass is 16.7. The van der Waals surface area contributed by atoms with Gasteiger partial charge in [-0.05, 0) is 57.8 Å². The molecule has 16 nitrogen and oxygen atoms in total. The molecule has 13 aliphatic rings. The van der Waals surface area contributed by atoms with Crippen molar-refractivity contribution in [1.29, 1.82) is 0 Å². The van der Waals surface area contributed by atoms with Crippen LogP contribution in [0, 0.1) is 23.7 Å². The van der Waals surface area contributed by atoms with E-state index in [1.807, 2.05) is 43.4 Å². The number of ether oxygens (including phenoxy) is 13. The molecule has 9 fully saturated rings. The molecule has 31 atom stereocenters. The number of aliphatic hydroxyl groups excluding tert-OH is 3. The lowest BCUT2D eigenvalue weighted by atomic mass is 9.74. The molecule has 0 saturated carbocycles. The molecule has 0 radical (unpaired) electrons. The average molecular weight is 1060 g/mol. The molecule has 0 amide bonds. The van der Waals surface area contributed by atoms with Crippen LogP contribution < -0.4 is 0 Å². The number of fused-ring (bicyclic) bond motifs is 11. The molecule has 0 aromatic carbocycles. The number of allylic oxidation sites excluding steroid dienone is 2. The fourth-order valence-electron chi connectivity index (χ4n) is 16.0. The summed E-state index contributed by atoms with van der Waals surface area (Å²) >= 11 is 0. The van der Waals surface area contributed by atoms with Crippen LogP contribution in [0.2, 0.25) is 0 Å². The fraction of sp³-hybridized carbons (Fsp3) is 0.800. The van der Waals surface area contributed by atoms with Crippen molar-refractivity contribution in [2.45, 2.75) is 269 Å². The second-order valence-electron chi connectivity index (χ2n) is 25.4. The minimum absolute atomic E-state index is 0.0897. The van der Waals surface area contributed by atoms with Gasteiger partial charge in [0.1, 0.15) is 60.5 Å². The molecule has 16 heteroatoms. The molecule has 0 aliphatic carbocycles. The van der Waals surface area contributed by atoms with E-state index in [4.69, 9.17) is 61.6 Å². The van der Waals surface area contributed by atoms with Gasteiger partial charge in [0.05, 0.1) is 104 Å². The summed E-state index contributed by atoms with van der Waals surface area (Å²) in [7, 11) is 0. The third kappa shape index (κ3) is 9.29. The molecule has 3 N–H and O–H groups in total. The zero-order valence-corrected chi connectivity index (χ0v) is 45.2. The van der Waals surface area contributed by atoms with Crippen LogP contribution in [0.5, 0.6) is 0 Å². The first-order valence-electron chi connectivity index (χ1n) is 29.2. The van der Waals surface area contributed by atoms with E-state index in [1.165, 1.54) is 0 Å². The van der Waals surface area contributed by atoms with Crippen LogP contribution in [0.25, 0.3) is 0 Å². The van der Waals surface area contributed by atoms with Crippen LogP contribution in [0.3, 0.4) is 0 Å². The molecule has 13 rings (SSSR count). The van der Waals surface area contributed by atoms with Crippen molar-refractivity contribution in [2.75, 3.05) is 6.61 Å². The van der Waals surface area contributed by atoms with Crippen molar-refractivity contribution in [2.24, 2.45) is 23.7 Å². The minimum atomic E-state index is -1.02. The summed E-state index contributed by atoms with van der Waals surface area (Å²) in [6, 6.07) is 0. The summed E-state index contributed by atoms with van der Waals surface area (Å²) in [5.41, 5.74) is -1.67. The van der Waals surface area contributed by atoms with Crippen LogP contribution in [0.1, 0.15) is 106 Å². The standard InChI is InChI=1S/C60H84O16/c1-8-9-13-34-16-17-41-55(65-34)52(63)56-46(69-41)25-42-40(72-56)21-20-38-39(67-42)19-18-37-35(66-38)14-10-11-15-36-43(68-37)26-48(61)59(7)50(70-36)27-44-45(74-59)24-30(2)29-58(6)49(71-44)28-47-53(75-58)32(4)51(62)57-54(73-47)31(3)33(5)60(76-57)22-12-23-64-60/h8-11,13,16-21,30-57,61-63H,1,12,14-15,22-29H2,2-7H3. The van der Waals surface area contributed by atoms with Gasteiger partial charge in [-0.25, -0.2) is 0 Å². The molecular weight excluding hydrogens is 977 g/mol. The third-order valence-corrected chi connectivity index (χ3v) is 20.5. The molecule has 0 aromatic heterocycles. The Morgan fingerprint density at radius 3 is 1.97 bits per heavy atom. The first-order chi connectivity index (χ1) is 36.6. The van der Waals surface area contributed by atoms with Crippen LogP contribution in [0.4, 0.5) is 0 Å². The SMILES string of the molecule is C=CC=CC1C=CC2OC3CC4OC5C=CC6OC7CC(O)C8(C)OC9CC(C)CC%10(C)OC%11C(CC%10OC9CC8OC7CC=CCC6OC5C=CC4OC3C(O)C2O1)OC1C(C)C(C)C2(CCCO2)OC1C(O)C%11C. The van der Waals surface area contributed by atoms with E-state index >= 15 is 0 Å². The van der Waals surface area contributed by atoms with Crippen molar-refractivity contribution < 1.29 is 76.9 Å². The quantitative estimate of drug-likeness (QED) is 0.222. The maximum absolute atomic E-state index is 12.4. The Labute approximate surface area is 448 Å². The Morgan fingerprint density at radius 2 is 1.20 bits per heavy atom. The zero-order valence-electron chi connectivity index (χ0n) is 45.2. The van der Waals surface area contributed by atoms with Gasteiger partial charge in [-0.15, -0.1) is 0 Å². The van der Waals surface area contributed by atoms with E-state index in [9.17, 15) is 15.3 Å². The van der Waals surface area contributed by atoms with Crippen LogP contribution in [-0.2, 0) is 61.6 Å². The second kappa shape index (κ2) is 20.7. The van der Waals surface area contributed by atoms with Gasteiger partial charge >= 0.3 is 0 Å². The van der Waals surface area contributed by atoms with Gasteiger partial charge in [0.15, 0.2) is 5.79 Å². The van der Waals surface area contributed by atoms with E-state index < -0.39 is 102 Å². The van der Waals surface area contributed by atoms with E-state index in [0.717, 1.165) is 25.7 Å². The fourth-order valence-corrected chi connectivity index (χ4v) is 16.0. The van der Waals surface area contributed by atoms with Gasteiger partial charge in [-0.2, -0.15) is 0 Å². The number of hydrogen-bond acceptors (Lipinski definition) is 16. The first kappa shape index (κ1) is 53.1. The lowest BCUT2D eigenvalue weighted by Gasteiger charge is -2.56. The van der Waals surface area contributed by atoms with Crippen molar-refractivity contribution in [3.63, 3.8) is 0 Å². The summed E-state index contributed by atoms with van der Waals surface area (Å²) in [5, 5.41) is 36.1. The molecule has 31 unspecified atom stereocenters. The van der Waals surface area contributed by atoms with Gasteiger partial charge in [0.25, 0.3) is 0 Å². The highest BCUT2D eigenvalue weighted by Gasteiger charge is 2.63. The Kier molecular flexibility index (Phi) is 14.4. The molecular formula is C60H84O16. The largest absolute Gasteiger partial charge is 0.390 e. The normalized spacial score (nSPS) is 57.5. The molecule has 0 bridgehead atoms.